The fourth-order valence-electron chi connectivity index (χ4n) is 2.88. The molecule has 1 aromatic carbocycles. The van der Waals surface area contributed by atoms with Crippen molar-refractivity contribution in [3.05, 3.63) is 24.3 Å². The highest BCUT2D eigenvalue weighted by molar-refractivity contribution is 6.17. The Labute approximate surface area is 111 Å². The lowest BCUT2D eigenvalue weighted by molar-refractivity contribution is -0.119. The fraction of sp³-hybridized carbons (Fsp3) is 0.429. The summed E-state index contributed by atoms with van der Waals surface area (Å²) in [5.41, 5.74) is 0.533. The zero-order valence-corrected chi connectivity index (χ0v) is 10.8. The number of benzene rings is 1. The van der Waals surface area contributed by atoms with Gasteiger partial charge in [-0.15, -0.1) is 0 Å². The van der Waals surface area contributed by atoms with E-state index in [0.29, 0.717) is 17.9 Å². The van der Waals surface area contributed by atoms with E-state index >= 15 is 0 Å². The zero-order chi connectivity index (χ0) is 13.4. The van der Waals surface area contributed by atoms with E-state index in [1.165, 1.54) is 12.0 Å². The maximum atomic E-state index is 12.5. The number of urea groups is 1. The number of para-hydroxylation sites is 2. The quantitative estimate of drug-likeness (QED) is 0.817. The first-order valence-electron chi connectivity index (χ1n) is 6.49. The molecule has 2 aliphatic heterocycles. The van der Waals surface area contributed by atoms with E-state index in [-0.39, 0.29) is 18.0 Å². The van der Waals surface area contributed by atoms with Crippen LogP contribution in [0.15, 0.2) is 24.3 Å². The lowest BCUT2D eigenvalue weighted by atomic mass is 10.1. The van der Waals surface area contributed by atoms with Crippen molar-refractivity contribution in [2.75, 3.05) is 18.6 Å². The Balaban J connectivity index is 1.99. The monoisotopic (exact) mass is 260 g/mol. The highest BCUT2D eigenvalue weighted by Gasteiger charge is 2.42. The smallest absolute Gasteiger partial charge is 0.331 e. The maximum Gasteiger partial charge on any atom is 0.331 e. The molecule has 3 rings (SSSR count). The van der Waals surface area contributed by atoms with Gasteiger partial charge in [0, 0.05) is 19.0 Å². The van der Waals surface area contributed by atoms with Crippen molar-refractivity contribution in [2.24, 2.45) is 0 Å². The number of carbonyl (C=O) groups excluding carboxylic acids is 2. The lowest BCUT2D eigenvalue weighted by Gasteiger charge is -2.36. The van der Waals surface area contributed by atoms with Gasteiger partial charge >= 0.3 is 6.03 Å². The molecule has 2 saturated heterocycles. The Morgan fingerprint density at radius 3 is 2.84 bits per heavy atom. The Morgan fingerprint density at radius 2 is 2.05 bits per heavy atom. The molecule has 5 heteroatoms. The van der Waals surface area contributed by atoms with Gasteiger partial charge in [-0.2, -0.15) is 0 Å². The first-order chi connectivity index (χ1) is 9.22. The number of rotatable bonds is 2. The normalized spacial score (nSPS) is 22.7. The van der Waals surface area contributed by atoms with E-state index in [2.05, 4.69) is 0 Å². The van der Waals surface area contributed by atoms with Crippen LogP contribution in [0.4, 0.5) is 10.5 Å². The van der Waals surface area contributed by atoms with Crippen LogP contribution in [-0.2, 0) is 4.79 Å². The van der Waals surface area contributed by atoms with Gasteiger partial charge in [0.15, 0.2) is 0 Å². The maximum absolute atomic E-state index is 12.5. The molecule has 1 atom stereocenters. The van der Waals surface area contributed by atoms with Gasteiger partial charge in [0.05, 0.1) is 12.8 Å². The van der Waals surface area contributed by atoms with Gasteiger partial charge in [0.2, 0.25) is 5.91 Å². The molecule has 3 amide bonds. The molecule has 19 heavy (non-hydrogen) atoms. The average Bonchev–Trinajstić information content (AvgIpc) is 2.87. The number of nitrogens with zero attached hydrogens (tertiary/aromatic N) is 2. The second kappa shape index (κ2) is 4.57. The average molecular weight is 260 g/mol. The second-order valence-corrected chi connectivity index (χ2v) is 4.88. The largest absolute Gasteiger partial charge is 0.495 e. The number of anilines is 1. The summed E-state index contributed by atoms with van der Waals surface area (Å²) in [6.45, 7) is 0.739. The van der Waals surface area contributed by atoms with Crippen molar-refractivity contribution >= 4 is 17.6 Å². The number of amides is 3. The number of hydrogen-bond acceptors (Lipinski definition) is 3. The van der Waals surface area contributed by atoms with Crippen LogP contribution in [0.25, 0.3) is 0 Å². The third kappa shape index (κ3) is 1.85. The van der Waals surface area contributed by atoms with Crippen LogP contribution in [0.5, 0.6) is 5.75 Å². The molecule has 0 spiro atoms. The molecule has 5 nitrogen and oxygen atoms in total. The Kier molecular flexibility index (Phi) is 2.89. The summed E-state index contributed by atoms with van der Waals surface area (Å²) in [6.07, 6.45) is 2.31. The van der Waals surface area contributed by atoms with Gasteiger partial charge < -0.3 is 9.64 Å². The first kappa shape index (κ1) is 12.0. The molecule has 1 aromatic rings. The minimum Gasteiger partial charge on any atom is -0.495 e. The number of imide groups is 1. The van der Waals surface area contributed by atoms with Crippen molar-refractivity contribution in [3.63, 3.8) is 0 Å². The fourth-order valence-corrected chi connectivity index (χ4v) is 2.88. The van der Waals surface area contributed by atoms with Crippen molar-refractivity contribution in [1.82, 2.24) is 4.90 Å². The van der Waals surface area contributed by atoms with Gasteiger partial charge in [0.1, 0.15) is 5.75 Å². The van der Waals surface area contributed by atoms with Gasteiger partial charge in [0.25, 0.3) is 0 Å². The topological polar surface area (TPSA) is 49.9 Å². The predicted molar refractivity (Wildman–Crippen MR) is 70.2 cm³/mol. The Hall–Kier alpha value is -2.04. The summed E-state index contributed by atoms with van der Waals surface area (Å²) in [5, 5.41) is 0. The summed E-state index contributed by atoms with van der Waals surface area (Å²) in [4.78, 5) is 27.8. The van der Waals surface area contributed by atoms with E-state index in [4.69, 9.17) is 4.74 Å². The van der Waals surface area contributed by atoms with Gasteiger partial charge in [-0.25, -0.2) is 9.69 Å². The van der Waals surface area contributed by atoms with Crippen molar-refractivity contribution in [3.8, 4) is 5.75 Å². The molecule has 0 N–H and O–H groups in total. The van der Waals surface area contributed by atoms with Gasteiger partial charge in [-0.1, -0.05) is 12.1 Å². The molecule has 0 saturated carbocycles. The number of hydrogen-bond donors (Lipinski definition) is 0. The minimum atomic E-state index is -0.219. The third-order valence-electron chi connectivity index (χ3n) is 3.80. The summed E-state index contributed by atoms with van der Waals surface area (Å²) in [6, 6.07) is 6.99. The second-order valence-electron chi connectivity index (χ2n) is 4.88. The predicted octanol–water partition coefficient (Wildman–Crippen LogP) is 2.02. The molecule has 0 aliphatic carbocycles. The first-order valence-corrected chi connectivity index (χ1v) is 6.49. The number of methoxy groups -OCH3 is 1. The third-order valence-corrected chi connectivity index (χ3v) is 3.80. The minimum absolute atomic E-state index is 0.0888. The zero-order valence-electron chi connectivity index (χ0n) is 10.8. The van der Waals surface area contributed by atoms with Crippen molar-refractivity contribution in [2.45, 2.75) is 25.3 Å². The summed E-state index contributed by atoms with van der Waals surface area (Å²) >= 11 is 0. The van der Waals surface area contributed by atoms with Crippen LogP contribution in [0.1, 0.15) is 19.3 Å². The summed E-state index contributed by atoms with van der Waals surface area (Å²) in [5.74, 6) is 0.402. The molecule has 0 aromatic heterocycles. The van der Waals surface area contributed by atoms with Crippen molar-refractivity contribution < 1.29 is 14.3 Å². The highest BCUT2D eigenvalue weighted by Crippen LogP contribution is 2.34. The van der Waals surface area contributed by atoms with E-state index in [1.807, 2.05) is 6.07 Å². The van der Waals surface area contributed by atoms with E-state index in [9.17, 15) is 9.59 Å². The van der Waals surface area contributed by atoms with Crippen LogP contribution in [0.2, 0.25) is 0 Å². The molecular formula is C14H16N2O3. The standard InChI is InChI=1S/C14H16N2O3/c1-19-12-7-3-2-6-11(12)16-13(17)9-10-5-4-8-15(10)14(16)18/h2-3,6-7,10H,4-5,8-9H2,1H3. The van der Waals surface area contributed by atoms with Gasteiger partial charge in [-0.3, -0.25) is 4.79 Å². The van der Waals surface area contributed by atoms with E-state index < -0.39 is 0 Å². The Bertz CT molecular complexity index is 529. The molecular weight excluding hydrogens is 244 g/mol. The molecule has 2 heterocycles. The lowest BCUT2D eigenvalue weighted by Crippen LogP contribution is -2.54. The molecule has 100 valence electrons. The molecule has 0 radical (unpaired) electrons. The van der Waals surface area contributed by atoms with Gasteiger partial charge in [-0.05, 0) is 25.0 Å². The van der Waals surface area contributed by atoms with Crippen molar-refractivity contribution in [1.29, 1.82) is 0 Å². The van der Waals surface area contributed by atoms with Crippen LogP contribution in [0.3, 0.4) is 0 Å². The molecule has 2 aliphatic rings. The SMILES string of the molecule is COc1ccccc1N1C(=O)CC2CCCN2C1=O. The number of ether oxygens (including phenoxy) is 1. The summed E-state index contributed by atoms with van der Waals surface area (Å²) < 4.78 is 5.24. The summed E-state index contributed by atoms with van der Waals surface area (Å²) in [7, 11) is 1.54. The number of fused-ring (bicyclic) bond motifs is 1. The van der Waals surface area contributed by atoms with Crippen LogP contribution in [-0.4, -0.2) is 36.5 Å². The van der Waals surface area contributed by atoms with Crippen LogP contribution >= 0.6 is 0 Å². The van der Waals surface area contributed by atoms with E-state index in [1.54, 1.807) is 23.1 Å². The molecule has 1 unspecified atom stereocenters. The highest BCUT2D eigenvalue weighted by atomic mass is 16.5. The molecule has 0 bridgehead atoms. The van der Waals surface area contributed by atoms with Crippen LogP contribution < -0.4 is 9.64 Å². The van der Waals surface area contributed by atoms with E-state index in [0.717, 1.165) is 19.4 Å². The Morgan fingerprint density at radius 1 is 1.26 bits per heavy atom. The molecule has 2 fully saturated rings. The number of carbonyl (C=O) groups is 2. The van der Waals surface area contributed by atoms with Crippen LogP contribution in [0, 0.1) is 0 Å².